The maximum atomic E-state index is 10.9. The first-order chi connectivity index (χ1) is 8.20. The van der Waals surface area contributed by atoms with Gasteiger partial charge in [0.1, 0.15) is 12.4 Å². The van der Waals surface area contributed by atoms with E-state index in [0.29, 0.717) is 6.67 Å². The summed E-state index contributed by atoms with van der Waals surface area (Å²) in [7, 11) is 1.94. The molecule has 0 amide bonds. The summed E-state index contributed by atoms with van der Waals surface area (Å²) >= 11 is 0. The number of hydrogen-bond donors (Lipinski definition) is 2. The molecule has 1 aromatic carbocycles. The van der Waals surface area contributed by atoms with Gasteiger partial charge in [-0.1, -0.05) is 0 Å². The van der Waals surface area contributed by atoms with E-state index < -0.39 is 0 Å². The first kappa shape index (κ1) is 9.95. The molecule has 1 aromatic rings. The molecule has 0 bridgehead atoms. The second-order valence-corrected chi connectivity index (χ2v) is 4.27. The topological polar surface area (TPSA) is 60.0 Å². The van der Waals surface area contributed by atoms with Crippen molar-refractivity contribution in [2.75, 3.05) is 34.3 Å². The summed E-state index contributed by atoms with van der Waals surface area (Å²) in [6.07, 6.45) is 1.89. The van der Waals surface area contributed by atoms with Crippen LogP contribution in [0.2, 0.25) is 0 Å². The van der Waals surface area contributed by atoms with Crippen molar-refractivity contribution in [2.45, 2.75) is 6.92 Å². The van der Waals surface area contributed by atoms with Gasteiger partial charge in [-0.3, -0.25) is 0 Å². The van der Waals surface area contributed by atoms with Crippen LogP contribution in [-0.2, 0) is 0 Å². The van der Waals surface area contributed by atoms with Gasteiger partial charge < -0.3 is 15.5 Å². The van der Waals surface area contributed by atoms with E-state index in [1.54, 1.807) is 0 Å². The Balaban J connectivity index is 2.18. The van der Waals surface area contributed by atoms with Crippen molar-refractivity contribution in [3.05, 3.63) is 28.9 Å². The molecule has 6 nitrogen and oxygen atoms in total. The molecule has 88 valence electrons. The zero-order valence-electron chi connectivity index (χ0n) is 9.69. The fourth-order valence-electron chi connectivity index (χ4n) is 2.23. The number of anilines is 4. The molecule has 0 aliphatic carbocycles. The average molecular weight is 231 g/mol. The number of fused-ring (bicyclic) bond motifs is 3. The minimum absolute atomic E-state index is 0.486. The molecule has 0 saturated carbocycles. The minimum atomic E-state index is 0.486. The van der Waals surface area contributed by atoms with E-state index in [-0.39, 0.29) is 0 Å². The van der Waals surface area contributed by atoms with Gasteiger partial charge in [0.05, 0.1) is 22.3 Å². The quantitative estimate of drug-likeness (QED) is 0.726. The Labute approximate surface area is 98.8 Å². The van der Waals surface area contributed by atoms with Crippen LogP contribution >= 0.6 is 0 Å². The zero-order valence-corrected chi connectivity index (χ0v) is 9.69. The van der Waals surface area contributed by atoms with Gasteiger partial charge in [-0.15, -0.1) is 4.91 Å². The largest absolute Gasteiger partial charge is 0.358 e. The third-order valence-corrected chi connectivity index (χ3v) is 3.04. The van der Waals surface area contributed by atoms with Crippen LogP contribution in [-0.4, -0.2) is 13.7 Å². The fraction of sp³-hybridized carbons (Fsp3) is 0.273. The van der Waals surface area contributed by atoms with E-state index in [1.807, 2.05) is 37.2 Å². The van der Waals surface area contributed by atoms with Crippen LogP contribution in [0.1, 0.15) is 6.92 Å². The van der Waals surface area contributed by atoms with Crippen molar-refractivity contribution < 1.29 is 0 Å². The van der Waals surface area contributed by atoms with E-state index in [0.717, 1.165) is 28.4 Å². The van der Waals surface area contributed by atoms with Gasteiger partial charge in [-0.2, -0.15) is 0 Å². The molecule has 3 rings (SSSR count). The van der Waals surface area contributed by atoms with Crippen LogP contribution in [0.3, 0.4) is 0 Å². The van der Waals surface area contributed by atoms with Gasteiger partial charge >= 0.3 is 0 Å². The highest BCUT2D eigenvalue weighted by Crippen LogP contribution is 2.46. The Morgan fingerprint density at radius 3 is 3.00 bits per heavy atom. The first-order valence-corrected chi connectivity index (χ1v) is 5.40. The van der Waals surface area contributed by atoms with E-state index in [2.05, 4.69) is 15.9 Å². The zero-order chi connectivity index (χ0) is 12.0. The smallest absolute Gasteiger partial charge is 0.116 e. The lowest BCUT2D eigenvalue weighted by molar-refractivity contribution is 0.858. The Morgan fingerprint density at radius 1 is 1.41 bits per heavy atom. The normalized spacial score (nSPS) is 16.7. The van der Waals surface area contributed by atoms with Crippen molar-refractivity contribution in [3.63, 3.8) is 0 Å². The molecule has 2 aliphatic rings. The van der Waals surface area contributed by atoms with E-state index >= 15 is 0 Å². The third-order valence-electron chi connectivity index (χ3n) is 3.04. The van der Waals surface area contributed by atoms with E-state index in [1.165, 1.54) is 5.01 Å². The van der Waals surface area contributed by atoms with Crippen molar-refractivity contribution in [1.82, 2.24) is 0 Å². The van der Waals surface area contributed by atoms with Crippen molar-refractivity contribution in [1.29, 1.82) is 0 Å². The number of benzene rings is 1. The molecule has 0 radical (unpaired) electrons. The van der Waals surface area contributed by atoms with Gasteiger partial charge in [0.15, 0.2) is 0 Å². The number of nitrogens with one attached hydrogen (secondary N) is 2. The highest BCUT2D eigenvalue weighted by molar-refractivity contribution is 5.96. The average Bonchev–Trinajstić information content (AvgIpc) is 2.66. The van der Waals surface area contributed by atoms with Gasteiger partial charge in [0.2, 0.25) is 0 Å². The number of rotatable bonds is 1. The molecule has 2 N–H and O–H groups in total. The highest BCUT2D eigenvalue weighted by Gasteiger charge is 2.29. The molecular weight excluding hydrogens is 218 g/mol. The summed E-state index contributed by atoms with van der Waals surface area (Å²) in [4.78, 5) is 12.9. The fourth-order valence-corrected chi connectivity index (χ4v) is 2.23. The SMILES string of the molecule is CC1=CNc2ccc3c(c2N1)N(N=O)CN3C. The molecule has 0 spiro atoms. The van der Waals surface area contributed by atoms with Crippen molar-refractivity contribution in [3.8, 4) is 0 Å². The molecule has 17 heavy (non-hydrogen) atoms. The van der Waals surface area contributed by atoms with Crippen molar-refractivity contribution in [2.24, 2.45) is 5.29 Å². The highest BCUT2D eigenvalue weighted by atomic mass is 16.3. The molecule has 0 unspecified atom stereocenters. The standard InChI is InChI=1S/C11H13N5O/c1-7-5-12-8-3-4-9-11(10(8)13-7)16(14-17)6-15(9)2/h3-5,12-13H,6H2,1-2H3. The minimum Gasteiger partial charge on any atom is -0.358 e. The monoisotopic (exact) mass is 231 g/mol. The van der Waals surface area contributed by atoms with Crippen molar-refractivity contribution >= 4 is 22.7 Å². The first-order valence-electron chi connectivity index (χ1n) is 5.40. The molecule has 0 saturated heterocycles. The number of nitroso groups, excluding NO2 is 1. The summed E-state index contributed by atoms with van der Waals surface area (Å²) in [5.74, 6) is 0. The van der Waals surface area contributed by atoms with E-state index in [9.17, 15) is 4.91 Å². The molecular formula is C11H13N5O. The maximum Gasteiger partial charge on any atom is 0.116 e. The van der Waals surface area contributed by atoms with Crippen LogP contribution in [0.25, 0.3) is 0 Å². The van der Waals surface area contributed by atoms with Crippen LogP contribution < -0.4 is 20.5 Å². The van der Waals surface area contributed by atoms with Crippen LogP contribution in [0, 0.1) is 4.91 Å². The lowest BCUT2D eigenvalue weighted by Gasteiger charge is -2.22. The Kier molecular flexibility index (Phi) is 1.98. The van der Waals surface area contributed by atoms with Gasteiger partial charge in [0, 0.05) is 18.9 Å². The second-order valence-electron chi connectivity index (χ2n) is 4.27. The molecule has 6 heteroatoms. The van der Waals surface area contributed by atoms with Crippen LogP contribution in [0.4, 0.5) is 22.7 Å². The van der Waals surface area contributed by atoms with Crippen LogP contribution in [0.15, 0.2) is 29.3 Å². The summed E-state index contributed by atoms with van der Waals surface area (Å²) in [5.41, 5.74) is 4.71. The van der Waals surface area contributed by atoms with E-state index in [4.69, 9.17) is 0 Å². The Hall–Kier alpha value is -2.24. The molecule has 0 fully saturated rings. The van der Waals surface area contributed by atoms with Gasteiger partial charge in [0.25, 0.3) is 0 Å². The molecule has 0 aromatic heterocycles. The molecule has 2 aliphatic heterocycles. The lowest BCUT2D eigenvalue weighted by Crippen LogP contribution is -2.23. The van der Waals surface area contributed by atoms with Crippen LogP contribution in [0.5, 0.6) is 0 Å². The number of hydrogen-bond acceptors (Lipinski definition) is 5. The van der Waals surface area contributed by atoms with Gasteiger partial charge in [-0.25, -0.2) is 5.01 Å². The summed E-state index contributed by atoms with van der Waals surface area (Å²) in [6, 6.07) is 3.98. The maximum absolute atomic E-state index is 10.9. The predicted molar refractivity (Wildman–Crippen MR) is 69.0 cm³/mol. The summed E-state index contributed by atoms with van der Waals surface area (Å²) in [6.45, 7) is 2.45. The molecule has 2 heterocycles. The second kappa shape index (κ2) is 3.38. The number of nitrogens with zero attached hydrogens (tertiary/aromatic N) is 3. The Bertz CT molecular complexity index is 525. The van der Waals surface area contributed by atoms with Gasteiger partial charge in [-0.05, 0) is 19.1 Å². The summed E-state index contributed by atoms with van der Waals surface area (Å²) < 4.78 is 0. The third kappa shape index (κ3) is 1.33. The molecule has 0 atom stereocenters. The summed E-state index contributed by atoms with van der Waals surface area (Å²) in [5, 5.41) is 11.0. The predicted octanol–water partition coefficient (Wildman–Crippen LogP) is 2.28. The lowest BCUT2D eigenvalue weighted by atomic mass is 10.1. The number of allylic oxidation sites excluding steroid dienone is 1. The Morgan fingerprint density at radius 2 is 2.24 bits per heavy atom.